The number of hydrogen-bond acceptors (Lipinski definition) is 1. The zero-order valence-electron chi connectivity index (χ0n) is 22.0. The second-order valence-corrected chi connectivity index (χ2v) is 7.94. The van der Waals surface area contributed by atoms with Crippen LogP contribution in [0.4, 0.5) is 5.69 Å². The van der Waals surface area contributed by atoms with Crippen LogP contribution < -0.4 is 5.32 Å². The van der Waals surface area contributed by atoms with E-state index in [4.69, 9.17) is 0 Å². The van der Waals surface area contributed by atoms with Crippen molar-refractivity contribution >= 4 is 16.8 Å². The molecular formula is C32H43N. The quantitative estimate of drug-likeness (QED) is 0.424. The third-order valence-corrected chi connectivity index (χ3v) is 4.85. The summed E-state index contributed by atoms with van der Waals surface area (Å²) in [7, 11) is 0. The smallest absolute Gasteiger partial charge is 0.0379 e. The average molecular weight is 442 g/mol. The van der Waals surface area contributed by atoms with E-state index in [1.165, 1.54) is 33.4 Å². The van der Waals surface area contributed by atoms with E-state index < -0.39 is 0 Å². The molecule has 3 aromatic carbocycles. The maximum Gasteiger partial charge on any atom is 0.0379 e. The number of allylic oxidation sites excluding steroid dienone is 2. The molecule has 0 unspecified atom stereocenters. The number of anilines is 1. The van der Waals surface area contributed by atoms with Crippen molar-refractivity contribution in [3.05, 3.63) is 126 Å². The van der Waals surface area contributed by atoms with E-state index in [0.29, 0.717) is 0 Å². The molecule has 1 N–H and O–H groups in total. The highest BCUT2D eigenvalue weighted by Gasteiger charge is 1.92. The summed E-state index contributed by atoms with van der Waals surface area (Å²) in [6.45, 7) is 27.8. The van der Waals surface area contributed by atoms with Gasteiger partial charge in [0.25, 0.3) is 0 Å². The van der Waals surface area contributed by atoms with Gasteiger partial charge in [0.05, 0.1) is 0 Å². The summed E-state index contributed by atoms with van der Waals surface area (Å²) in [6, 6.07) is 23.0. The highest BCUT2D eigenvalue weighted by Crippen LogP contribution is 2.15. The fourth-order valence-corrected chi connectivity index (χ4v) is 2.70. The molecule has 0 aliphatic carbocycles. The summed E-state index contributed by atoms with van der Waals surface area (Å²) < 4.78 is 0. The van der Waals surface area contributed by atoms with Crippen LogP contribution in [0.15, 0.2) is 92.7 Å². The third-order valence-electron chi connectivity index (χ3n) is 4.85. The van der Waals surface area contributed by atoms with Crippen molar-refractivity contribution in [1.82, 2.24) is 0 Å². The van der Waals surface area contributed by atoms with Gasteiger partial charge in [0.15, 0.2) is 0 Å². The molecule has 33 heavy (non-hydrogen) atoms. The molecule has 3 rings (SSSR count). The molecule has 0 saturated heterocycles. The molecule has 0 aromatic heterocycles. The Morgan fingerprint density at radius 2 is 1.06 bits per heavy atom. The van der Waals surface area contributed by atoms with Gasteiger partial charge in [0, 0.05) is 5.69 Å². The maximum atomic E-state index is 3.86. The largest absolute Gasteiger partial charge is 0.362 e. The lowest BCUT2D eigenvalue weighted by Crippen LogP contribution is -1.85. The van der Waals surface area contributed by atoms with Crippen LogP contribution in [-0.4, -0.2) is 0 Å². The number of nitrogens with one attached hydrogen (secondary N) is 1. The fraction of sp³-hybridized carbons (Fsp3) is 0.250. The second-order valence-electron chi connectivity index (χ2n) is 7.94. The molecule has 0 fully saturated rings. The second kappa shape index (κ2) is 16.3. The van der Waals surface area contributed by atoms with Crippen LogP contribution in [0.2, 0.25) is 0 Å². The zero-order chi connectivity index (χ0) is 25.4. The van der Waals surface area contributed by atoms with Crippen molar-refractivity contribution in [2.24, 2.45) is 0 Å². The minimum atomic E-state index is 1.05. The van der Waals surface area contributed by atoms with Crippen LogP contribution in [-0.2, 0) is 0 Å². The molecule has 1 heteroatoms. The van der Waals surface area contributed by atoms with E-state index in [1.807, 2.05) is 52.0 Å². The molecule has 0 aliphatic rings. The van der Waals surface area contributed by atoms with Gasteiger partial charge < -0.3 is 5.32 Å². The van der Waals surface area contributed by atoms with E-state index in [2.05, 4.69) is 95.2 Å². The molecule has 1 nitrogen and oxygen atoms in total. The standard InChI is InChI=1S/C11H13N.C10H12.C9H12.C2H6/c1-4-12-11-7-5-10(6-8-11)9(2)3;1-8(2)10-6-4-9(3)5-7-10;1-7-4-5-8(2)9(3)6-7;1-2/h4-8,12H,1-2H2,3H3;4-7H,1H2,2-3H3;4-6H,1-3H3;1-2H3. The first-order valence-electron chi connectivity index (χ1n) is 11.5. The van der Waals surface area contributed by atoms with E-state index >= 15 is 0 Å². The highest BCUT2D eigenvalue weighted by atomic mass is 14.8. The van der Waals surface area contributed by atoms with Gasteiger partial charge >= 0.3 is 0 Å². The molecule has 0 spiro atoms. The number of hydrogen-bond donors (Lipinski definition) is 1. The molecule has 176 valence electrons. The van der Waals surface area contributed by atoms with Crippen molar-refractivity contribution in [1.29, 1.82) is 0 Å². The van der Waals surface area contributed by atoms with Crippen LogP contribution in [0, 0.1) is 27.7 Å². The van der Waals surface area contributed by atoms with E-state index in [-0.39, 0.29) is 0 Å². The van der Waals surface area contributed by atoms with E-state index in [9.17, 15) is 0 Å². The molecular weight excluding hydrogens is 398 g/mol. The van der Waals surface area contributed by atoms with Gasteiger partial charge in [0.2, 0.25) is 0 Å². The topological polar surface area (TPSA) is 12.0 Å². The highest BCUT2D eigenvalue weighted by molar-refractivity contribution is 5.64. The van der Waals surface area contributed by atoms with Gasteiger partial charge in [-0.15, -0.1) is 0 Å². The Morgan fingerprint density at radius 1 is 0.636 bits per heavy atom. The number of rotatable bonds is 4. The molecule has 0 saturated carbocycles. The molecule has 0 heterocycles. The van der Waals surface area contributed by atoms with Crippen LogP contribution in [0.5, 0.6) is 0 Å². The molecule has 0 amide bonds. The Balaban J connectivity index is 0.000000452. The Hall–Kier alpha value is -3.32. The molecule has 0 radical (unpaired) electrons. The van der Waals surface area contributed by atoms with Gasteiger partial charge in [-0.2, -0.15) is 0 Å². The van der Waals surface area contributed by atoms with E-state index in [0.717, 1.165) is 16.8 Å². The summed E-state index contributed by atoms with van der Waals surface area (Å²) in [5.74, 6) is 0. The van der Waals surface area contributed by atoms with Gasteiger partial charge in [-0.25, -0.2) is 0 Å². The zero-order valence-corrected chi connectivity index (χ0v) is 22.0. The summed E-state index contributed by atoms with van der Waals surface area (Å²) in [6.07, 6.45) is 1.66. The van der Waals surface area contributed by atoms with Gasteiger partial charge in [-0.3, -0.25) is 0 Å². The van der Waals surface area contributed by atoms with Crippen LogP contribution >= 0.6 is 0 Å². The first-order chi connectivity index (χ1) is 15.6. The molecule has 0 bridgehead atoms. The van der Waals surface area contributed by atoms with Crippen molar-refractivity contribution in [2.75, 3.05) is 5.32 Å². The minimum absolute atomic E-state index is 1.05. The summed E-state index contributed by atoms with van der Waals surface area (Å²) in [5.41, 5.74) is 11.1. The maximum absolute atomic E-state index is 3.86. The lowest BCUT2D eigenvalue weighted by molar-refractivity contribution is 1.30. The minimum Gasteiger partial charge on any atom is -0.362 e. The monoisotopic (exact) mass is 441 g/mol. The first kappa shape index (κ1) is 29.7. The van der Waals surface area contributed by atoms with Gasteiger partial charge in [-0.1, -0.05) is 110 Å². The van der Waals surface area contributed by atoms with Crippen molar-refractivity contribution in [3.63, 3.8) is 0 Å². The van der Waals surface area contributed by atoms with Crippen molar-refractivity contribution in [3.8, 4) is 0 Å². The van der Waals surface area contributed by atoms with Gasteiger partial charge in [0.1, 0.15) is 0 Å². The Bertz CT molecular complexity index is 990. The fourth-order valence-electron chi connectivity index (χ4n) is 2.70. The lowest BCUT2D eigenvalue weighted by atomic mass is 10.1. The van der Waals surface area contributed by atoms with Crippen LogP contribution in [0.1, 0.15) is 61.1 Å². The molecule has 0 aliphatic heterocycles. The normalized spacial score (nSPS) is 8.97. The Morgan fingerprint density at radius 3 is 1.42 bits per heavy atom. The molecule has 0 atom stereocenters. The third kappa shape index (κ3) is 12.3. The molecule has 3 aromatic rings. The number of aryl methyl sites for hydroxylation is 4. The predicted octanol–water partition coefficient (Wildman–Crippen LogP) is 9.94. The average Bonchev–Trinajstić information content (AvgIpc) is 2.80. The number of benzene rings is 3. The summed E-state index contributed by atoms with van der Waals surface area (Å²) in [5, 5.41) is 3.01. The lowest BCUT2D eigenvalue weighted by Gasteiger charge is -2.02. The van der Waals surface area contributed by atoms with Gasteiger partial charge in [-0.05, 0) is 82.1 Å². The Kier molecular flexibility index (Phi) is 14.7. The van der Waals surface area contributed by atoms with Crippen molar-refractivity contribution < 1.29 is 0 Å². The SMILES string of the molecule is C=C(C)c1ccc(C)cc1.C=CNc1ccc(C(=C)C)cc1.CC.Cc1ccc(C)c(C)c1. The summed E-state index contributed by atoms with van der Waals surface area (Å²) in [4.78, 5) is 0. The first-order valence-corrected chi connectivity index (χ1v) is 11.5. The van der Waals surface area contributed by atoms with Crippen LogP contribution in [0.25, 0.3) is 11.1 Å². The summed E-state index contributed by atoms with van der Waals surface area (Å²) >= 11 is 0. The van der Waals surface area contributed by atoms with Crippen molar-refractivity contribution in [2.45, 2.75) is 55.4 Å². The Labute approximate surface area is 203 Å². The van der Waals surface area contributed by atoms with Crippen LogP contribution in [0.3, 0.4) is 0 Å². The predicted molar refractivity (Wildman–Crippen MR) is 153 cm³/mol. The van der Waals surface area contributed by atoms with E-state index in [1.54, 1.807) is 6.20 Å².